The molecule has 0 spiro atoms. The second kappa shape index (κ2) is 15.1. The van der Waals surface area contributed by atoms with Gasteiger partial charge in [-0.05, 0) is 90.0 Å². The third-order valence-electron chi connectivity index (χ3n) is 6.53. The Morgan fingerprint density at radius 1 is 0.689 bits per heavy atom. The van der Waals surface area contributed by atoms with Gasteiger partial charge in [0.1, 0.15) is 16.8 Å². The summed E-state index contributed by atoms with van der Waals surface area (Å²) in [5.74, 6) is -1.55. The lowest BCUT2D eigenvalue weighted by atomic mass is 10.1. The van der Waals surface area contributed by atoms with Crippen LogP contribution in [0.5, 0.6) is 0 Å². The van der Waals surface area contributed by atoms with Crippen LogP contribution in [0.15, 0.2) is 149 Å². The maximum Gasteiger partial charge on any atom is 0.272 e. The highest BCUT2D eigenvalue weighted by Gasteiger charge is 2.22. The Kier molecular flexibility index (Phi) is 10.6. The van der Waals surface area contributed by atoms with Gasteiger partial charge in [0, 0.05) is 26.3 Å². The van der Waals surface area contributed by atoms with Gasteiger partial charge in [-0.25, -0.2) is 4.39 Å². The number of anilines is 2. The summed E-state index contributed by atoms with van der Waals surface area (Å²) in [5, 5.41) is 7.86. The zero-order chi connectivity index (χ0) is 31.6. The van der Waals surface area contributed by atoms with Crippen molar-refractivity contribution < 1.29 is 18.8 Å². The molecule has 0 aliphatic heterocycles. The van der Waals surface area contributed by atoms with Crippen LogP contribution in [0.25, 0.3) is 6.08 Å². The van der Waals surface area contributed by atoms with Crippen molar-refractivity contribution in [2.24, 2.45) is 0 Å². The van der Waals surface area contributed by atoms with E-state index < -0.39 is 17.1 Å². The van der Waals surface area contributed by atoms with Crippen LogP contribution in [-0.4, -0.2) is 17.7 Å². The van der Waals surface area contributed by atoms with Gasteiger partial charge < -0.3 is 16.0 Å². The number of thioether (sulfide) groups is 1. The predicted molar refractivity (Wildman–Crippen MR) is 181 cm³/mol. The summed E-state index contributed by atoms with van der Waals surface area (Å²) >= 11 is 4.75. The molecule has 0 bridgehead atoms. The van der Waals surface area contributed by atoms with Crippen LogP contribution in [0, 0.1) is 5.82 Å². The fourth-order valence-electron chi connectivity index (χ4n) is 4.26. The molecule has 0 aliphatic carbocycles. The van der Waals surface area contributed by atoms with Gasteiger partial charge in [0.15, 0.2) is 0 Å². The van der Waals surface area contributed by atoms with E-state index in [0.29, 0.717) is 16.9 Å². The van der Waals surface area contributed by atoms with Gasteiger partial charge in [0.05, 0.1) is 0 Å². The highest BCUT2D eigenvalue weighted by molar-refractivity contribution is 9.10. The van der Waals surface area contributed by atoms with Crippen LogP contribution >= 0.6 is 27.7 Å². The summed E-state index contributed by atoms with van der Waals surface area (Å²) in [6.07, 6.45) is 1.61. The van der Waals surface area contributed by atoms with E-state index in [0.717, 1.165) is 20.5 Å². The molecule has 6 nitrogen and oxygen atoms in total. The Bertz CT molecular complexity index is 1800. The van der Waals surface area contributed by atoms with Gasteiger partial charge in [-0.3, -0.25) is 14.4 Å². The van der Waals surface area contributed by atoms with Crippen LogP contribution in [0.3, 0.4) is 0 Å². The average molecular weight is 681 g/mol. The molecule has 5 aromatic carbocycles. The van der Waals surface area contributed by atoms with Crippen LogP contribution in [0.4, 0.5) is 15.8 Å². The van der Waals surface area contributed by atoms with Gasteiger partial charge in [-0.2, -0.15) is 0 Å². The van der Waals surface area contributed by atoms with E-state index >= 15 is 0 Å². The first-order valence-electron chi connectivity index (χ1n) is 13.9. The van der Waals surface area contributed by atoms with Crippen molar-refractivity contribution in [3.8, 4) is 0 Å². The van der Waals surface area contributed by atoms with E-state index in [1.807, 2.05) is 72.8 Å². The first-order valence-corrected chi connectivity index (χ1v) is 15.5. The number of carbonyl (C=O) groups excluding carboxylic acids is 3. The monoisotopic (exact) mass is 679 g/mol. The zero-order valence-electron chi connectivity index (χ0n) is 23.7. The van der Waals surface area contributed by atoms with E-state index in [4.69, 9.17) is 0 Å². The highest BCUT2D eigenvalue weighted by atomic mass is 79.9. The summed E-state index contributed by atoms with van der Waals surface area (Å²) in [4.78, 5) is 40.4. The first-order chi connectivity index (χ1) is 21.8. The number of hydrogen-bond donors (Lipinski definition) is 3. The van der Waals surface area contributed by atoms with Crippen LogP contribution < -0.4 is 16.0 Å². The molecule has 0 aromatic heterocycles. The molecule has 1 atom stereocenters. The Labute approximate surface area is 272 Å². The topological polar surface area (TPSA) is 87.3 Å². The van der Waals surface area contributed by atoms with Crippen LogP contribution in [0.2, 0.25) is 0 Å². The van der Waals surface area contributed by atoms with Gasteiger partial charge in [-0.15, -0.1) is 11.8 Å². The van der Waals surface area contributed by atoms with Gasteiger partial charge in [0.25, 0.3) is 11.8 Å². The van der Waals surface area contributed by atoms with Crippen molar-refractivity contribution in [3.63, 3.8) is 0 Å². The highest BCUT2D eigenvalue weighted by Crippen LogP contribution is 2.36. The van der Waals surface area contributed by atoms with Gasteiger partial charge in [-0.1, -0.05) is 76.6 Å². The molecule has 0 saturated heterocycles. The van der Waals surface area contributed by atoms with Crippen molar-refractivity contribution >= 4 is 62.9 Å². The molecule has 5 rings (SSSR count). The van der Waals surface area contributed by atoms with Crippen molar-refractivity contribution in [1.82, 2.24) is 5.32 Å². The molecule has 45 heavy (non-hydrogen) atoms. The third kappa shape index (κ3) is 9.01. The van der Waals surface area contributed by atoms with E-state index in [2.05, 4.69) is 31.9 Å². The van der Waals surface area contributed by atoms with E-state index in [-0.39, 0.29) is 17.4 Å². The Hall–Kier alpha value is -4.99. The maximum absolute atomic E-state index is 13.4. The van der Waals surface area contributed by atoms with E-state index in [9.17, 15) is 18.8 Å². The summed E-state index contributed by atoms with van der Waals surface area (Å²) in [7, 11) is 0. The summed E-state index contributed by atoms with van der Waals surface area (Å²) < 4.78 is 14.3. The fourth-order valence-corrected chi connectivity index (χ4v) is 5.55. The van der Waals surface area contributed by atoms with Crippen molar-refractivity contribution in [1.29, 1.82) is 0 Å². The molecular weight excluding hydrogens is 653 g/mol. The lowest BCUT2D eigenvalue weighted by Crippen LogP contribution is -2.30. The van der Waals surface area contributed by atoms with Gasteiger partial charge in [0.2, 0.25) is 5.91 Å². The number of rotatable bonds is 10. The number of benzene rings is 5. The third-order valence-corrected chi connectivity index (χ3v) is 8.32. The van der Waals surface area contributed by atoms with Crippen molar-refractivity contribution in [2.45, 2.75) is 10.1 Å². The standard InChI is InChI=1S/C36H27BrFN3O3S/c37-27-13-11-24(12-14-27)23-32(41-34(42)26-9-5-2-6-10-26)35(43)39-30-19-21-31(22-20-30)45-33(25-7-3-1-4-8-25)36(44)40-29-17-15-28(38)16-18-29/h1-23,33H,(H,39,43)(H,40,44)(H,41,42)/b32-23-. The minimum absolute atomic E-state index is 0.0752. The summed E-state index contributed by atoms with van der Waals surface area (Å²) in [6, 6.07) is 38.0. The van der Waals surface area contributed by atoms with Crippen LogP contribution in [0.1, 0.15) is 26.7 Å². The second-order valence-electron chi connectivity index (χ2n) is 9.81. The number of nitrogens with one attached hydrogen (secondary N) is 3. The Morgan fingerprint density at radius 3 is 1.91 bits per heavy atom. The van der Waals surface area contributed by atoms with E-state index in [1.165, 1.54) is 36.0 Å². The lowest BCUT2D eigenvalue weighted by Gasteiger charge is -2.17. The van der Waals surface area contributed by atoms with Crippen molar-refractivity contribution in [3.05, 3.63) is 166 Å². The molecule has 1 unspecified atom stereocenters. The van der Waals surface area contributed by atoms with Gasteiger partial charge >= 0.3 is 0 Å². The lowest BCUT2D eigenvalue weighted by molar-refractivity contribution is -0.116. The molecule has 9 heteroatoms. The van der Waals surface area contributed by atoms with Crippen molar-refractivity contribution in [2.75, 3.05) is 10.6 Å². The quantitative estimate of drug-likeness (QED) is 0.102. The smallest absolute Gasteiger partial charge is 0.272 e. The molecule has 3 amide bonds. The number of hydrogen-bond acceptors (Lipinski definition) is 4. The minimum atomic E-state index is -0.592. The fraction of sp³-hybridized carbons (Fsp3) is 0.0278. The molecule has 5 aromatic rings. The second-order valence-corrected chi connectivity index (χ2v) is 11.9. The maximum atomic E-state index is 13.4. The molecule has 0 fully saturated rings. The molecule has 0 aliphatic rings. The minimum Gasteiger partial charge on any atom is -0.325 e. The number of amides is 3. The van der Waals surface area contributed by atoms with Crippen LogP contribution in [-0.2, 0) is 9.59 Å². The summed E-state index contributed by atoms with van der Waals surface area (Å²) in [5.41, 5.74) is 3.03. The molecule has 0 saturated carbocycles. The number of carbonyl (C=O) groups is 3. The van der Waals surface area contributed by atoms with E-state index in [1.54, 1.807) is 42.5 Å². The molecule has 0 radical (unpaired) electrons. The number of halogens is 2. The largest absolute Gasteiger partial charge is 0.325 e. The molecular formula is C36H27BrFN3O3S. The molecule has 3 N–H and O–H groups in total. The zero-order valence-corrected chi connectivity index (χ0v) is 26.1. The first kappa shape index (κ1) is 31.4. The molecule has 224 valence electrons. The average Bonchev–Trinajstić information content (AvgIpc) is 3.06. The SMILES string of the molecule is O=C(Nc1ccc(SC(C(=O)Nc2ccc(F)cc2)c2ccccc2)cc1)/C(=C/c1ccc(Br)cc1)NC(=O)c1ccccc1. The Balaban J connectivity index is 1.32. The summed E-state index contributed by atoms with van der Waals surface area (Å²) in [6.45, 7) is 0. The molecule has 0 heterocycles. The normalized spacial score (nSPS) is 11.7. The Morgan fingerprint density at radius 2 is 1.27 bits per heavy atom. The predicted octanol–water partition coefficient (Wildman–Crippen LogP) is 8.47.